The lowest BCUT2D eigenvalue weighted by atomic mass is 9.87. The summed E-state index contributed by atoms with van der Waals surface area (Å²) in [5.74, 6) is -0.556. The Morgan fingerprint density at radius 2 is 1.96 bits per heavy atom. The maximum absolute atomic E-state index is 14.0. The minimum absolute atomic E-state index is 0.158. The number of ketones is 1. The lowest BCUT2D eigenvalue weighted by Gasteiger charge is -2.23. The number of amides is 2. The van der Waals surface area contributed by atoms with E-state index >= 15 is 0 Å². The number of hydrogen-bond donors (Lipinski definition) is 0. The van der Waals surface area contributed by atoms with Crippen LogP contribution in [0.1, 0.15) is 44.9 Å². The summed E-state index contributed by atoms with van der Waals surface area (Å²) in [5.41, 5.74) is 0. The van der Waals surface area contributed by atoms with Crippen molar-refractivity contribution in [2.24, 2.45) is 5.92 Å². The van der Waals surface area contributed by atoms with Crippen LogP contribution in [0.25, 0.3) is 0 Å². The average molecular weight is 367 g/mol. The Kier molecular flexibility index (Phi) is 7.46. The van der Waals surface area contributed by atoms with E-state index in [1.165, 1.54) is 12.2 Å². The summed E-state index contributed by atoms with van der Waals surface area (Å²) in [6.45, 7) is 0.617. The van der Waals surface area contributed by atoms with Crippen LogP contribution in [0.4, 0.5) is 8.78 Å². The van der Waals surface area contributed by atoms with Crippen molar-refractivity contribution in [1.82, 2.24) is 4.90 Å². The van der Waals surface area contributed by atoms with Gasteiger partial charge >= 0.3 is 5.92 Å². The second kappa shape index (κ2) is 9.58. The van der Waals surface area contributed by atoms with E-state index in [2.05, 4.69) is 5.92 Å². The van der Waals surface area contributed by atoms with E-state index in [0.717, 1.165) is 11.3 Å². The molecule has 5 nitrogen and oxygen atoms in total. The van der Waals surface area contributed by atoms with Gasteiger partial charge in [0.25, 0.3) is 11.8 Å². The summed E-state index contributed by atoms with van der Waals surface area (Å²) < 4.78 is 33.2. The molecule has 142 valence electrons. The second-order valence-corrected chi connectivity index (χ2v) is 6.49. The molecule has 0 bridgehead atoms. The molecule has 0 aromatic carbocycles. The summed E-state index contributed by atoms with van der Waals surface area (Å²) in [6, 6.07) is 0. The standard InChI is InChI=1S/C19H23F2NO4/c20-19(21)10-4-2-1-3-6-15(19)14-16(23)7-5-12-26-13-11-22-17(24)8-9-18(22)25/h8-9,15H,1-3,5-7,11-14H2. The fraction of sp³-hybridized carbons (Fsp3) is 0.632. The van der Waals surface area contributed by atoms with E-state index in [1.54, 1.807) is 0 Å². The van der Waals surface area contributed by atoms with Gasteiger partial charge in [0.05, 0.1) is 13.2 Å². The summed E-state index contributed by atoms with van der Waals surface area (Å²) in [6.07, 6.45) is 5.09. The molecule has 0 spiro atoms. The van der Waals surface area contributed by atoms with Gasteiger partial charge in [-0.25, -0.2) is 0 Å². The highest BCUT2D eigenvalue weighted by molar-refractivity contribution is 6.12. The Hall–Kier alpha value is -2.07. The first-order valence-electron chi connectivity index (χ1n) is 8.91. The number of alkyl halides is 2. The van der Waals surface area contributed by atoms with Gasteiger partial charge in [-0.15, -0.1) is 0 Å². The van der Waals surface area contributed by atoms with Crippen LogP contribution in [0, 0.1) is 17.8 Å². The molecule has 1 atom stereocenters. The van der Waals surface area contributed by atoms with Crippen molar-refractivity contribution in [1.29, 1.82) is 0 Å². The third-order valence-corrected chi connectivity index (χ3v) is 4.45. The van der Waals surface area contributed by atoms with Gasteiger partial charge in [0.1, 0.15) is 5.78 Å². The number of carbonyl (C=O) groups is 3. The van der Waals surface area contributed by atoms with Gasteiger partial charge in [-0.05, 0) is 25.2 Å². The van der Waals surface area contributed by atoms with Crippen LogP contribution in [0.15, 0.2) is 12.2 Å². The Balaban J connectivity index is 1.61. The first kappa shape index (κ1) is 20.2. The highest BCUT2D eigenvalue weighted by Gasteiger charge is 2.38. The van der Waals surface area contributed by atoms with Crippen molar-refractivity contribution < 1.29 is 27.9 Å². The van der Waals surface area contributed by atoms with Crippen molar-refractivity contribution in [3.8, 4) is 11.8 Å². The molecule has 1 aliphatic carbocycles. The van der Waals surface area contributed by atoms with Crippen molar-refractivity contribution in [3.05, 3.63) is 12.2 Å². The fourth-order valence-corrected chi connectivity index (χ4v) is 2.96. The molecule has 26 heavy (non-hydrogen) atoms. The van der Waals surface area contributed by atoms with Crippen LogP contribution in [0.2, 0.25) is 0 Å². The van der Waals surface area contributed by atoms with Crippen molar-refractivity contribution in [2.45, 2.75) is 50.9 Å². The Labute approximate surface area is 151 Å². The van der Waals surface area contributed by atoms with Crippen LogP contribution in [-0.2, 0) is 19.1 Å². The van der Waals surface area contributed by atoms with Gasteiger partial charge in [-0.1, -0.05) is 12.3 Å². The molecule has 0 radical (unpaired) electrons. The van der Waals surface area contributed by atoms with Crippen LogP contribution in [0.3, 0.4) is 0 Å². The average Bonchev–Trinajstić information content (AvgIpc) is 2.90. The zero-order valence-electron chi connectivity index (χ0n) is 14.6. The number of imide groups is 1. The van der Waals surface area contributed by atoms with E-state index in [-0.39, 0.29) is 50.2 Å². The summed E-state index contributed by atoms with van der Waals surface area (Å²) >= 11 is 0. The van der Waals surface area contributed by atoms with Gasteiger partial charge in [0.2, 0.25) is 0 Å². The van der Waals surface area contributed by atoms with Crippen molar-refractivity contribution in [2.75, 3.05) is 19.8 Å². The molecule has 0 fully saturated rings. The Morgan fingerprint density at radius 3 is 2.69 bits per heavy atom. The van der Waals surface area contributed by atoms with E-state index in [9.17, 15) is 23.2 Å². The second-order valence-electron chi connectivity index (χ2n) is 6.49. The minimum Gasteiger partial charge on any atom is -0.380 e. The molecule has 2 amide bonds. The molecule has 2 aliphatic rings. The number of Topliss-reactive ketones (excluding diaryl/α,β-unsaturated/α-hetero) is 1. The smallest absolute Gasteiger partial charge is 0.311 e. The van der Waals surface area contributed by atoms with Crippen LogP contribution in [-0.4, -0.2) is 48.2 Å². The molecule has 1 aliphatic heterocycles. The molecule has 2 rings (SSSR count). The first-order valence-corrected chi connectivity index (χ1v) is 8.91. The van der Waals surface area contributed by atoms with Gasteiger partial charge < -0.3 is 4.74 Å². The number of ether oxygens (including phenoxy) is 1. The SMILES string of the molecule is O=C(CCCOCCN1C(=O)C=CC1=O)CC1CCCCC#CC1(F)F. The molecule has 1 heterocycles. The molecule has 0 N–H and O–H groups in total. The topological polar surface area (TPSA) is 63.7 Å². The fourth-order valence-electron chi connectivity index (χ4n) is 2.96. The van der Waals surface area contributed by atoms with Gasteiger partial charge in [-0.3, -0.25) is 19.3 Å². The molecule has 0 saturated carbocycles. The lowest BCUT2D eigenvalue weighted by Crippen LogP contribution is -2.33. The summed E-state index contributed by atoms with van der Waals surface area (Å²) in [5, 5.41) is 0. The monoisotopic (exact) mass is 367 g/mol. The molecular formula is C19H23F2NO4. The molecular weight excluding hydrogens is 344 g/mol. The zero-order valence-corrected chi connectivity index (χ0v) is 14.6. The minimum atomic E-state index is -3.10. The molecule has 1 unspecified atom stereocenters. The van der Waals surface area contributed by atoms with Crippen LogP contribution in [0.5, 0.6) is 0 Å². The highest BCUT2D eigenvalue weighted by Crippen LogP contribution is 2.33. The Morgan fingerprint density at radius 1 is 1.23 bits per heavy atom. The number of hydrogen-bond acceptors (Lipinski definition) is 4. The van der Waals surface area contributed by atoms with Gasteiger partial charge in [0.15, 0.2) is 0 Å². The molecule has 0 aromatic rings. The molecule has 0 aromatic heterocycles. The summed E-state index contributed by atoms with van der Waals surface area (Å²) in [7, 11) is 0. The highest BCUT2D eigenvalue weighted by atomic mass is 19.3. The van der Waals surface area contributed by atoms with Gasteiger partial charge in [-0.2, -0.15) is 8.78 Å². The normalized spacial score (nSPS) is 21.9. The van der Waals surface area contributed by atoms with E-state index in [4.69, 9.17) is 4.74 Å². The third-order valence-electron chi connectivity index (χ3n) is 4.45. The summed E-state index contributed by atoms with van der Waals surface area (Å²) in [4.78, 5) is 35.7. The van der Waals surface area contributed by atoms with Crippen LogP contribution >= 0.6 is 0 Å². The zero-order chi connectivity index (χ0) is 19.0. The Bertz CT molecular complexity index is 615. The lowest BCUT2D eigenvalue weighted by molar-refractivity contribution is -0.137. The van der Waals surface area contributed by atoms with E-state index in [1.807, 2.05) is 5.92 Å². The maximum atomic E-state index is 14.0. The van der Waals surface area contributed by atoms with Gasteiger partial charge in [0, 0.05) is 43.9 Å². The predicted octanol–water partition coefficient (Wildman–Crippen LogP) is 2.50. The van der Waals surface area contributed by atoms with E-state index < -0.39 is 11.8 Å². The van der Waals surface area contributed by atoms with Crippen LogP contribution < -0.4 is 0 Å². The first-order chi connectivity index (χ1) is 12.4. The molecule has 7 heteroatoms. The number of halogens is 2. The largest absolute Gasteiger partial charge is 0.380 e. The van der Waals surface area contributed by atoms with Crippen molar-refractivity contribution >= 4 is 17.6 Å². The third kappa shape index (κ3) is 6.03. The predicted molar refractivity (Wildman–Crippen MR) is 90.2 cm³/mol. The van der Waals surface area contributed by atoms with E-state index in [0.29, 0.717) is 25.7 Å². The van der Waals surface area contributed by atoms with Crippen molar-refractivity contribution in [3.63, 3.8) is 0 Å². The number of carbonyl (C=O) groups excluding carboxylic acids is 3. The number of nitrogens with zero attached hydrogens (tertiary/aromatic N) is 1. The quantitative estimate of drug-likeness (QED) is 0.357. The number of rotatable bonds is 9. The molecule has 0 saturated heterocycles. The maximum Gasteiger partial charge on any atom is 0.311 e.